The summed E-state index contributed by atoms with van der Waals surface area (Å²) >= 11 is 0. The molecule has 0 unspecified atom stereocenters. The van der Waals surface area contributed by atoms with E-state index in [9.17, 15) is 8.42 Å². The summed E-state index contributed by atoms with van der Waals surface area (Å²) in [7, 11) is -4.31. The van der Waals surface area contributed by atoms with E-state index in [0.717, 1.165) is 6.07 Å². The third kappa shape index (κ3) is 3.23. The number of anilines is 1. The monoisotopic (exact) mass is 227 g/mol. The minimum absolute atomic E-state index is 0. The van der Waals surface area contributed by atoms with Crippen molar-refractivity contribution in [3.05, 3.63) is 23.8 Å². The molecule has 1 aromatic rings. The maximum absolute atomic E-state index is 10.8. The average Bonchev–Trinajstić information content (AvgIpc) is 2.03. The van der Waals surface area contributed by atoms with E-state index in [0.29, 0.717) is 0 Å². The standard InChI is InChI=1S/C7H9NO4S.Na.H/c8-6-2-1-5(4-9)7(3-6)13(10,11)12;;/h1-3,9H,4,8H2,(H,10,11,12);;. The Labute approximate surface area is 104 Å². The van der Waals surface area contributed by atoms with Gasteiger partial charge in [-0.05, 0) is 17.7 Å². The molecule has 0 atom stereocenters. The fraction of sp³-hybridized carbons (Fsp3) is 0.143. The maximum atomic E-state index is 10.8. The molecule has 0 aromatic heterocycles. The zero-order valence-corrected chi connectivity index (χ0v) is 7.45. The first kappa shape index (κ1) is 13.9. The van der Waals surface area contributed by atoms with Crippen LogP contribution in [-0.4, -0.2) is 47.6 Å². The van der Waals surface area contributed by atoms with Crippen LogP contribution in [0.25, 0.3) is 0 Å². The first-order valence-electron chi connectivity index (χ1n) is 3.42. The molecule has 0 spiro atoms. The second-order valence-corrected chi connectivity index (χ2v) is 3.89. The third-order valence-electron chi connectivity index (χ3n) is 1.54. The van der Waals surface area contributed by atoms with E-state index >= 15 is 0 Å². The van der Waals surface area contributed by atoms with Crippen molar-refractivity contribution in [3.8, 4) is 0 Å². The van der Waals surface area contributed by atoms with Gasteiger partial charge in [0.2, 0.25) is 0 Å². The van der Waals surface area contributed by atoms with Crippen LogP contribution in [0.5, 0.6) is 0 Å². The minimum atomic E-state index is -4.31. The van der Waals surface area contributed by atoms with Crippen LogP contribution in [0, 0.1) is 0 Å². The normalized spacial score (nSPS) is 10.7. The Morgan fingerprint density at radius 2 is 1.93 bits per heavy atom. The Hall–Kier alpha value is -0.110. The summed E-state index contributed by atoms with van der Waals surface area (Å²) < 4.78 is 30.2. The molecule has 4 N–H and O–H groups in total. The molecular weight excluding hydrogens is 217 g/mol. The number of aliphatic hydroxyl groups excluding tert-OH is 1. The van der Waals surface area contributed by atoms with Gasteiger partial charge in [0.05, 0.1) is 6.61 Å². The molecular formula is C7H10NNaO4S. The number of rotatable bonds is 2. The van der Waals surface area contributed by atoms with Gasteiger partial charge >= 0.3 is 29.6 Å². The van der Waals surface area contributed by atoms with E-state index in [1.807, 2.05) is 0 Å². The molecule has 1 aromatic carbocycles. The number of aliphatic hydroxyl groups is 1. The van der Waals surface area contributed by atoms with Crippen LogP contribution in [0.2, 0.25) is 0 Å². The second-order valence-electron chi connectivity index (χ2n) is 2.50. The van der Waals surface area contributed by atoms with Gasteiger partial charge in [0.15, 0.2) is 0 Å². The molecule has 0 aliphatic heterocycles. The van der Waals surface area contributed by atoms with E-state index in [1.54, 1.807) is 0 Å². The molecule has 7 heteroatoms. The molecule has 14 heavy (non-hydrogen) atoms. The van der Waals surface area contributed by atoms with Crippen molar-refractivity contribution in [2.75, 3.05) is 5.73 Å². The van der Waals surface area contributed by atoms with Crippen molar-refractivity contribution < 1.29 is 18.1 Å². The summed E-state index contributed by atoms with van der Waals surface area (Å²) in [6.45, 7) is -0.463. The molecule has 0 bridgehead atoms. The average molecular weight is 227 g/mol. The van der Waals surface area contributed by atoms with E-state index in [2.05, 4.69) is 0 Å². The van der Waals surface area contributed by atoms with E-state index in [-0.39, 0.29) is 45.7 Å². The van der Waals surface area contributed by atoms with Gasteiger partial charge in [-0.1, -0.05) is 6.07 Å². The molecule has 5 nitrogen and oxygen atoms in total. The molecule has 0 heterocycles. The Kier molecular flexibility index (Phi) is 5.07. The summed E-state index contributed by atoms with van der Waals surface area (Å²) in [4.78, 5) is -0.352. The van der Waals surface area contributed by atoms with Crippen molar-refractivity contribution >= 4 is 45.4 Å². The Morgan fingerprint density at radius 3 is 2.36 bits per heavy atom. The van der Waals surface area contributed by atoms with E-state index in [1.165, 1.54) is 12.1 Å². The topological polar surface area (TPSA) is 101 Å². The molecule has 74 valence electrons. The Bertz CT molecular complexity index is 418. The molecule has 0 aliphatic rings. The fourth-order valence-corrected chi connectivity index (χ4v) is 1.69. The first-order valence-corrected chi connectivity index (χ1v) is 4.86. The molecule has 1 rings (SSSR count). The van der Waals surface area contributed by atoms with Crippen molar-refractivity contribution in [1.82, 2.24) is 0 Å². The van der Waals surface area contributed by atoms with Crippen molar-refractivity contribution in [2.24, 2.45) is 0 Å². The van der Waals surface area contributed by atoms with Crippen LogP contribution < -0.4 is 5.73 Å². The third-order valence-corrected chi connectivity index (χ3v) is 2.48. The van der Waals surface area contributed by atoms with Crippen molar-refractivity contribution in [2.45, 2.75) is 11.5 Å². The van der Waals surface area contributed by atoms with Gasteiger partial charge in [-0.3, -0.25) is 4.55 Å². The van der Waals surface area contributed by atoms with Crippen LogP contribution in [0.3, 0.4) is 0 Å². The second kappa shape index (κ2) is 5.11. The molecule has 0 saturated carbocycles. The predicted molar refractivity (Wildman–Crippen MR) is 53.7 cm³/mol. The zero-order valence-electron chi connectivity index (χ0n) is 6.64. The summed E-state index contributed by atoms with van der Waals surface area (Å²) in [5.41, 5.74) is 5.66. The SMILES string of the molecule is Nc1ccc(CO)c(S(=O)(=O)O)c1.[NaH]. The van der Waals surface area contributed by atoms with Gasteiger partial charge in [0.1, 0.15) is 4.90 Å². The molecule has 0 fully saturated rings. The molecule has 0 saturated heterocycles. The summed E-state index contributed by atoms with van der Waals surface area (Å²) in [6.07, 6.45) is 0. The summed E-state index contributed by atoms with van der Waals surface area (Å²) in [5, 5.41) is 8.76. The summed E-state index contributed by atoms with van der Waals surface area (Å²) in [6, 6.07) is 3.89. The summed E-state index contributed by atoms with van der Waals surface area (Å²) in [5.74, 6) is 0. The molecule has 0 aliphatic carbocycles. The Balaban J connectivity index is 0.00000169. The van der Waals surface area contributed by atoms with Crippen molar-refractivity contribution in [1.29, 1.82) is 0 Å². The van der Waals surface area contributed by atoms with Gasteiger partial charge in [0, 0.05) is 5.69 Å². The van der Waals surface area contributed by atoms with Crippen LogP contribution in [0.1, 0.15) is 5.56 Å². The number of nitrogen functional groups attached to an aromatic ring is 1. The predicted octanol–water partition coefficient (Wildman–Crippen LogP) is -0.641. The first-order chi connectivity index (χ1) is 5.95. The van der Waals surface area contributed by atoms with E-state index in [4.69, 9.17) is 15.4 Å². The van der Waals surface area contributed by atoms with Crippen LogP contribution in [0.15, 0.2) is 23.1 Å². The van der Waals surface area contributed by atoms with Crippen LogP contribution in [-0.2, 0) is 16.7 Å². The molecule has 0 amide bonds. The number of hydrogen-bond acceptors (Lipinski definition) is 4. The van der Waals surface area contributed by atoms with Gasteiger partial charge in [-0.2, -0.15) is 8.42 Å². The van der Waals surface area contributed by atoms with Gasteiger partial charge in [-0.25, -0.2) is 0 Å². The fourth-order valence-electron chi connectivity index (χ4n) is 0.942. The van der Waals surface area contributed by atoms with Gasteiger partial charge in [0.25, 0.3) is 10.1 Å². The van der Waals surface area contributed by atoms with Crippen LogP contribution in [0.4, 0.5) is 5.69 Å². The van der Waals surface area contributed by atoms with Crippen LogP contribution >= 0.6 is 0 Å². The number of nitrogens with two attached hydrogens (primary N) is 1. The quantitative estimate of drug-likeness (QED) is 0.354. The van der Waals surface area contributed by atoms with Gasteiger partial charge in [-0.15, -0.1) is 0 Å². The Morgan fingerprint density at radius 1 is 1.36 bits per heavy atom. The van der Waals surface area contributed by atoms with Crippen molar-refractivity contribution in [3.63, 3.8) is 0 Å². The van der Waals surface area contributed by atoms with Gasteiger partial charge < -0.3 is 10.8 Å². The number of benzene rings is 1. The zero-order chi connectivity index (χ0) is 10.1. The number of hydrogen-bond donors (Lipinski definition) is 3. The molecule has 0 radical (unpaired) electrons. The van der Waals surface area contributed by atoms with E-state index < -0.39 is 16.7 Å².